The highest BCUT2D eigenvalue weighted by Crippen LogP contribution is 2.19. The minimum atomic E-state index is -0.245. The molecule has 3 rings (SSSR count). The number of nitrogens with zero attached hydrogens (tertiary/aromatic N) is 2. The van der Waals surface area contributed by atoms with E-state index in [2.05, 4.69) is 10.3 Å². The monoisotopic (exact) mass is 407 g/mol. The minimum absolute atomic E-state index is 0.0747. The van der Waals surface area contributed by atoms with Crippen molar-refractivity contribution in [3.8, 4) is 22.8 Å². The van der Waals surface area contributed by atoms with Crippen molar-refractivity contribution in [2.24, 2.45) is 0 Å². The van der Waals surface area contributed by atoms with Gasteiger partial charge < -0.3 is 14.8 Å². The molecule has 0 aliphatic rings. The van der Waals surface area contributed by atoms with Gasteiger partial charge in [0.1, 0.15) is 11.5 Å². The number of ether oxygens (including phenoxy) is 2. The number of aryl methyl sites for hydroxylation is 1. The normalized spacial score (nSPS) is 10.5. The number of carbonyl (C=O) groups excluding carboxylic acids is 1. The Kier molecular flexibility index (Phi) is 7.21. The van der Waals surface area contributed by atoms with Crippen molar-refractivity contribution < 1.29 is 14.3 Å². The lowest BCUT2D eigenvalue weighted by Gasteiger charge is -2.10. The summed E-state index contributed by atoms with van der Waals surface area (Å²) in [5.41, 5.74) is 2.22. The predicted octanol–water partition coefficient (Wildman–Crippen LogP) is 2.81. The first kappa shape index (κ1) is 21.1. The van der Waals surface area contributed by atoms with Crippen molar-refractivity contribution in [1.29, 1.82) is 0 Å². The third kappa shape index (κ3) is 5.70. The number of benzene rings is 2. The van der Waals surface area contributed by atoms with Crippen molar-refractivity contribution in [2.75, 3.05) is 19.8 Å². The highest BCUT2D eigenvalue weighted by atomic mass is 16.5. The van der Waals surface area contributed by atoms with Gasteiger partial charge in [-0.3, -0.25) is 14.2 Å². The maximum absolute atomic E-state index is 12.4. The molecule has 0 aliphatic heterocycles. The highest BCUT2D eigenvalue weighted by molar-refractivity contribution is 5.77. The molecule has 1 heterocycles. The Hall–Kier alpha value is -3.61. The second-order valence-corrected chi connectivity index (χ2v) is 6.67. The molecule has 0 aliphatic carbocycles. The van der Waals surface area contributed by atoms with Gasteiger partial charge in [-0.2, -0.15) is 0 Å². The summed E-state index contributed by atoms with van der Waals surface area (Å²) in [6, 6.07) is 16.4. The molecule has 0 spiro atoms. The van der Waals surface area contributed by atoms with Gasteiger partial charge in [0.05, 0.1) is 18.6 Å². The molecule has 0 bridgehead atoms. The Morgan fingerprint density at radius 3 is 2.57 bits per heavy atom. The van der Waals surface area contributed by atoms with Crippen LogP contribution in [0.15, 0.2) is 65.7 Å². The Morgan fingerprint density at radius 2 is 1.87 bits per heavy atom. The van der Waals surface area contributed by atoms with Gasteiger partial charge in [-0.1, -0.05) is 18.2 Å². The molecule has 0 saturated carbocycles. The lowest BCUT2D eigenvalue weighted by Crippen LogP contribution is -2.33. The Balaban J connectivity index is 1.50. The Morgan fingerprint density at radius 1 is 1.10 bits per heavy atom. The molecule has 0 atom stereocenters. The summed E-state index contributed by atoms with van der Waals surface area (Å²) in [6.07, 6.45) is 1.49. The van der Waals surface area contributed by atoms with Gasteiger partial charge in [0.25, 0.3) is 11.5 Å². The zero-order valence-electron chi connectivity index (χ0n) is 17.1. The molecule has 0 unspecified atom stereocenters. The number of hydrogen-bond donors (Lipinski definition) is 1. The Labute approximate surface area is 175 Å². The largest absolute Gasteiger partial charge is 0.494 e. The molecule has 7 nitrogen and oxygen atoms in total. The van der Waals surface area contributed by atoms with Crippen LogP contribution in [0, 0.1) is 6.92 Å². The topological polar surface area (TPSA) is 82.5 Å². The molecule has 1 aromatic heterocycles. The first-order valence-corrected chi connectivity index (χ1v) is 9.81. The number of rotatable bonds is 9. The maximum atomic E-state index is 12.4. The molecular formula is C23H25N3O4. The van der Waals surface area contributed by atoms with Gasteiger partial charge in [-0.15, -0.1) is 0 Å². The molecule has 0 fully saturated rings. The molecule has 0 saturated heterocycles. The molecule has 7 heteroatoms. The molecule has 0 radical (unpaired) electrons. The summed E-state index contributed by atoms with van der Waals surface area (Å²) in [4.78, 5) is 28.7. The van der Waals surface area contributed by atoms with E-state index in [1.54, 1.807) is 0 Å². The van der Waals surface area contributed by atoms with Crippen molar-refractivity contribution in [3.63, 3.8) is 0 Å². The lowest BCUT2D eigenvalue weighted by atomic mass is 10.1. The van der Waals surface area contributed by atoms with Gasteiger partial charge in [0, 0.05) is 24.7 Å². The number of hydrogen-bond acceptors (Lipinski definition) is 5. The third-order valence-corrected chi connectivity index (χ3v) is 4.47. The van der Waals surface area contributed by atoms with Crippen LogP contribution in [0.4, 0.5) is 0 Å². The van der Waals surface area contributed by atoms with E-state index in [1.807, 2.05) is 62.4 Å². The first-order chi connectivity index (χ1) is 14.6. The van der Waals surface area contributed by atoms with Crippen LogP contribution < -0.4 is 20.3 Å². The van der Waals surface area contributed by atoms with E-state index in [0.29, 0.717) is 31.1 Å². The van der Waals surface area contributed by atoms with Crippen molar-refractivity contribution in [1.82, 2.24) is 14.9 Å². The van der Waals surface area contributed by atoms with E-state index < -0.39 is 0 Å². The number of aromatic nitrogens is 2. The molecule has 3 aromatic rings. The van der Waals surface area contributed by atoms with Gasteiger partial charge in [0.2, 0.25) is 0 Å². The Bertz CT molecular complexity index is 1040. The zero-order chi connectivity index (χ0) is 21.3. The van der Waals surface area contributed by atoms with E-state index in [0.717, 1.165) is 16.9 Å². The number of amides is 1. The average molecular weight is 407 g/mol. The fourth-order valence-electron chi connectivity index (χ4n) is 2.87. The van der Waals surface area contributed by atoms with E-state index >= 15 is 0 Å². The molecule has 1 amide bonds. The second kappa shape index (κ2) is 10.2. The van der Waals surface area contributed by atoms with Crippen LogP contribution in [-0.2, 0) is 11.3 Å². The van der Waals surface area contributed by atoms with Gasteiger partial charge in [-0.25, -0.2) is 4.98 Å². The quantitative estimate of drug-likeness (QED) is 0.590. The zero-order valence-corrected chi connectivity index (χ0v) is 17.1. The van der Waals surface area contributed by atoms with Crippen LogP contribution >= 0.6 is 0 Å². The highest BCUT2D eigenvalue weighted by Gasteiger charge is 2.06. The van der Waals surface area contributed by atoms with Crippen molar-refractivity contribution in [2.45, 2.75) is 20.4 Å². The second-order valence-electron chi connectivity index (χ2n) is 6.67. The SMILES string of the molecule is CCOc1ccc(-c2cc(=O)n(CCNC(=O)COc3ccccc3C)cn2)cc1. The molecule has 156 valence electrons. The predicted molar refractivity (Wildman–Crippen MR) is 115 cm³/mol. The van der Waals surface area contributed by atoms with Crippen LogP contribution in [0.25, 0.3) is 11.3 Å². The molecule has 30 heavy (non-hydrogen) atoms. The molecular weight excluding hydrogens is 382 g/mol. The summed E-state index contributed by atoms with van der Waals surface area (Å²) in [7, 11) is 0. The minimum Gasteiger partial charge on any atom is -0.494 e. The number of nitrogens with one attached hydrogen (secondary N) is 1. The summed E-state index contributed by atoms with van der Waals surface area (Å²) < 4.78 is 12.4. The van der Waals surface area contributed by atoms with Crippen LogP contribution in [0.5, 0.6) is 11.5 Å². The smallest absolute Gasteiger partial charge is 0.258 e. The van der Waals surface area contributed by atoms with Gasteiger partial charge in [0.15, 0.2) is 6.61 Å². The standard InChI is InChI=1S/C23H25N3O4/c1-3-29-19-10-8-18(9-11-19)20-14-23(28)26(16-25-20)13-12-24-22(27)15-30-21-7-5-4-6-17(21)2/h4-11,14,16H,3,12-13,15H2,1-2H3,(H,24,27). The van der Waals surface area contributed by atoms with Crippen LogP contribution in [-0.4, -0.2) is 35.2 Å². The average Bonchev–Trinajstić information content (AvgIpc) is 2.75. The number of para-hydroxylation sites is 1. The fraction of sp³-hybridized carbons (Fsp3) is 0.261. The van der Waals surface area contributed by atoms with Gasteiger partial charge in [-0.05, 0) is 49.7 Å². The summed E-state index contributed by atoms with van der Waals surface area (Å²) in [5.74, 6) is 1.21. The summed E-state index contributed by atoms with van der Waals surface area (Å²) in [5, 5.41) is 2.75. The first-order valence-electron chi connectivity index (χ1n) is 9.81. The summed E-state index contributed by atoms with van der Waals surface area (Å²) >= 11 is 0. The van der Waals surface area contributed by atoms with Gasteiger partial charge >= 0.3 is 0 Å². The van der Waals surface area contributed by atoms with E-state index in [9.17, 15) is 9.59 Å². The van der Waals surface area contributed by atoms with E-state index in [4.69, 9.17) is 9.47 Å². The maximum Gasteiger partial charge on any atom is 0.258 e. The molecule has 1 N–H and O–H groups in total. The van der Waals surface area contributed by atoms with Crippen LogP contribution in [0.3, 0.4) is 0 Å². The van der Waals surface area contributed by atoms with Crippen LogP contribution in [0.2, 0.25) is 0 Å². The van der Waals surface area contributed by atoms with E-state index in [1.165, 1.54) is 17.0 Å². The third-order valence-electron chi connectivity index (χ3n) is 4.47. The van der Waals surface area contributed by atoms with Crippen molar-refractivity contribution in [3.05, 3.63) is 76.8 Å². The fourth-order valence-corrected chi connectivity index (χ4v) is 2.87. The number of carbonyl (C=O) groups is 1. The molecule has 2 aromatic carbocycles. The lowest BCUT2D eigenvalue weighted by molar-refractivity contribution is -0.123. The van der Waals surface area contributed by atoms with Crippen LogP contribution in [0.1, 0.15) is 12.5 Å². The van der Waals surface area contributed by atoms with Crippen molar-refractivity contribution >= 4 is 5.91 Å². The summed E-state index contributed by atoms with van der Waals surface area (Å²) in [6.45, 7) is 5.00. The van der Waals surface area contributed by atoms with E-state index in [-0.39, 0.29) is 18.1 Å².